The standard InChI is InChI=1S/C20H23N3O2S/c1-4-23(12-14-5-8-16(9-6-14)22(2)3)20(25)15-7-10-18-17(11-15)21-19(24)13-26-18/h5-11H,4,12-13H2,1-3H3,(H,21,24). The summed E-state index contributed by atoms with van der Waals surface area (Å²) in [5.74, 6) is 0.363. The highest BCUT2D eigenvalue weighted by atomic mass is 32.2. The van der Waals surface area contributed by atoms with Gasteiger partial charge in [-0.3, -0.25) is 9.59 Å². The fourth-order valence-corrected chi connectivity index (χ4v) is 3.63. The van der Waals surface area contributed by atoms with Crippen LogP contribution in [0, 0.1) is 0 Å². The van der Waals surface area contributed by atoms with Gasteiger partial charge in [-0.1, -0.05) is 12.1 Å². The number of carbonyl (C=O) groups is 2. The predicted octanol–water partition coefficient (Wildman–Crippen LogP) is 3.46. The molecule has 0 atom stereocenters. The molecule has 0 unspecified atom stereocenters. The molecule has 5 nitrogen and oxygen atoms in total. The van der Waals surface area contributed by atoms with Gasteiger partial charge in [0.15, 0.2) is 0 Å². The molecule has 1 aliphatic rings. The molecule has 1 heterocycles. The fourth-order valence-electron chi connectivity index (χ4n) is 2.85. The molecule has 0 saturated heterocycles. The van der Waals surface area contributed by atoms with Gasteiger partial charge >= 0.3 is 0 Å². The van der Waals surface area contributed by atoms with Crippen molar-refractivity contribution in [1.29, 1.82) is 0 Å². The monoisotopic (exact) mass is 369 g/mol. The summed E-state index contributed by atoms with van der Waals surface area (Å²) >= 11 is 1.50. The van der Waals surface area contributed by atoms with Crippen LogP contribution in [0.5, 0.6) is 0 Å². The van der Waals surface area contributed by atoms with E-state index >= 15 is 0 Å². The van der Waals surface area contributed by atoms with E-state index in [0.29, 0.717) is 24.4 Å². The summed E-state index contributed by atoms with van der Waals surface area (Å²) in [6.07, 6.45) is 0. The van der Waals surface area contributed by atoms with E-state index in [1.54, 1.807) is 6.07 Å². The van der Waals surface area contributed by atoms with E-state index in [-0.39, 0.29) is 11.8 Å². The molecule has 2 aromatic rings. The number of amides is 2. The summed E-state index contributed by atoms with van der Waals surface area (Å²) < 4.78 is 0. The average molecular weight is 369 g/mol. The lowest BCUT2D eigenvalue weighted by Crippen LogP contribution is -2.30. The lowest BCUT2D eigenvalue weighted by atomic mass is 10.1. The molecule has 1 N–H and O–H groups in total. The second-order valence-corrected chi connectivity index (χ2v) is 7.45. The van der Waals surface area contributed by atoms with Gasteiger partial charge in [-0.25, -0.2) is 0 Å². The molecule has 6 heteroatoms. The van der Waals surface area contributed by atoms with Gasteiger partial charge in [-0.2, -0.15) is 0 Å². The number of fused-ring (bicyclic) bond motifs is 1. The van der Waals surface area contributed by atoms with Crippen molar-refractivity contribution < 1.29 is 9.59 Å². The first kappa shape index (κ1) is 18.3. The van der Waals surface area contributed by atoms with Crippen molar-refractivity contribution >= 4 is 35.0 Å². The van der Waals surface area contributed by atoms with Gasteiger partial charge in [0.2, 0.25) is 5.91 Å². The Morgan fingerprint density at radius 1 is 1.15 bits per heavy atom. The normalized spacial score (nSPS) is 13.0. The van der Waals surface area contributed by atoms with Crippen LogP contribution in [0.2, 0.25) is 0 Å². The maximum absolute atomic E-state index is 12.9. The zero-order valence-corrected chi connectivity index (χ0v) is 16.1. The number of rotatable bonds is 5. The van der Waals surface area contributed by atoms with Crippen LogP contribution >= 0.6 is 11.8 Å². The minimum absolute atomic E-state index is 0.0274. The highest BCUT2D eigenvalue weighted by Crippen LogP contribution is 2.32. The van der Waals surface area contributed by atoms with Crippen molar-refractivity contribution in [3.63, 3.8) is 0 Å². The van der Waals surface area contributed by atoms with E-state index in [0.717, 1.165) is 21.8 Å². The van der Waals surface area contributed by atoms with E-state index in [9.17, 15) is 9.59 Å². The summed E-state index contributed by atoms with van der Waals surface area (Å²) in [5.41, 5.74) is 3.54. The van der Waals surface area contributed by atoms with Gasteiger partial charge in [-0.05, 0) is 42.8 Å². The van der Waals surface area contributed by atoms with Crippen molar-refractivity contribution in [1.82, 2.24) is 4.90 Å². The molecule has 26 heavy (non-hydrogen) atoms. The summed E-state index contributed by atoms with van der Waals surface area (Å²) in [4.78, 5) is 29.4. The number of benzene rings is 2. The van der Waals surface area contributed by atoms with Gasteiger partial charge in [0.25, 0.3) is 5.91 Å². The number of anilines is 2. The summed E-state index contributed by atoms with van der Waals surface area (Å²) in [6.45, 7) is 3.15. The van der Waals surface area contributed by atoms with Gasteiger partial charge in [0.1, 0.15) is 0 Å². The van der Waals surface area contributed by atoms with E-state index in [2.05, 4.69) is 29.6 Å². The molecule has 0 aromatic heterocycles. The zero-order chi connectivity index (χ0) is 18.7. The van der Waals surface area contributed by atoms with Crippen molar-refractivity contribution in [3.8, 4) is 0 Å². The van der Waals surface area contributed by atoms with Gasteiger partial charge in [-0.15, -0.1) is 11.8 Å². The second-order valence-electron chi connectivity index (χ2n) is 6.43. The van der Waals surface area contributed by atoms with Crippen LogP contribution in [-0.2, 0) is 11.3 Å². The van der Waals surface area contributed by atoms with Gasteiger partial charge in [0, 0.05) is 43.3 Å². The third kappa shape index (κ3) is 4.02. The number of hydrogen-bond acceptors (Lipinski definition) is 4. The van der Waals surface area contributed by atoms with Crippen LogP contribution < -0.4 is 10.2 Å². The quantitative estimate of drug-likeness (QED) is 0.877. The molecule has 0 fully saturated rings. The molecular weight excluding hydrogens is 346 g/mol. The first-order valence-corrected chi connectivity index (χ1v) is 9.58. The maximum atomic E-state index is 12.9. The molecule has 1 aliphatic heterocycles. The van der Waals surface area contributed by atoms with Crippen LogP contribution in [0.4, 0.5) is 11.4 Å². The first-order chi connectivity index (χ1) is 12.5. The van der Waals surface area contributed by atoms with Crippen molar-refractivity contribution in [2.24, 2.45) is 0 Å². The largest absolute Gasteiger partial charge is 0.378 e. The molecule has 2 amide bonds. The number of nitrogens with zero attached hydrogens (tertiary/aromatic N) is 2. The third-order valence-corrected chi connectivity index (χ3v) is 5.43. The summed E-state index contributed by atoms with van der Waals surface area (Å²) in [5, 5.41) is 2.84. The topological polar surface area (TPSA) is 52.6 Å². The second kappa shape index (κ2) is 7.83. The van der Waals surface area contributed by atoms with Crippen molar-refractivity contribution in [2.45, 2.75) is 18.4 Å². The van der Waals surface area contributed by atoms with E-state index < -0.39 is 0 Å². The molecule has 0 spiro atoms. The zero-order valence-electron chi connectivity index (χ0n) is 15.3. The molecule has 0 bridgehead atoms. The number of nitrogens with one attached hydrogen (secondary N) is 1. The molecular formula is C20H23N3O2S. The van der Waals surface area contributed by atoms with Crippen LogP contribution in [0.15, 0.2) is 47.4 Å². The Morgan fingerprint density at radius 2 is 1.88 bits per heavy atom. The SMILES string of the molecule is CCN(Cc1ccc(N(C)C)cc1)C(=O)c1ccc2c(c1)NC(=O)CS2. The summed E-state index contributed by atoms with van der Waals surface area (Å²) in [6, 6.07) is 13.7. The first-order valence-electron chi connectivity index (χ1n) is 8.60. The Labute approximate surface area is 158 Å². The lowest BCUT2D eigenvalue weighted by molar-refractivity contribution is -0.113. The smallest absolute Gasteiger partial charge is 0.254 e. The van der Waals surface area contributed by atoms with Crippen LogP contribution in [0.3, 0.4) is 0 Å². The highest BCUT2D eigenvalue weighted by molar-refractivity contribution is 8.00. The molecule has 3 rings (SSSR count). The fraction of sp³-hybridized carbons (Fsp3) is 0.300. The Balaban J connectivity index is 1.76. The van der Waals surface area contributed by atoms with Gasteiger partial charge in [0.05, 0.1) is 11.4 Å². The summed E-state index contributed by atoms with van der Waals surface area (Å²) in [7, 11) is 4.01. The third-order valence-electron chi connectivity index (χ3n) is 4.35. The Kier molecular flexibility index (Phi) is 5.52. The van der Waals surface area contributed by atoms with Gasteiger partial charge < -0.3 is 15.1 Å². The molecule has 0 saturated carbocycles. The molecule has 2 aromatic carbocycles. The predicted molar refractivity (Wildman–Crippen MR) is 107 cm³/mol. The van der Waals surface area contributed by atoms with Crippen LogP contribution in [0.1, 0.15) is 22.8 Å². The van der Waals surface area contributed by atoms with Crippen molar-refractivity contribution in [2.75, 3.05) is 36.6 Å². The van der Waals surface area contributed by atoms with Crippen LogP contribution in [0.25, 0.3) is 0 Å². The minimum atomic E-state index is -0.0307. The number of carbonyl (C=O) groups excluding carboxylic acids is 2. The van der Waals surface area contributed by atoms with E-state index in [4.69, 9.17) is 0 Å². The lowest BCUT2D eigenvalue weighted by Gasteiger charge is -2.23. The maximum Gasteiger partial charge on any atom is 0.254 e. The molecule has 0 radical (unpaired) electrons. The Morgan fingerprint density at radius 3 is 2.54 bits per heavy atom. The van der Waals surface area contributed by atoms with Crippen LogP contribution in [-0.4, -0.2) is 43.1 Å². The van der Waals surface area contributed by atoms with Crippen molar-refractivity contribution in [3.05, 3.63) is 53.6 Å². The molecule has 0 aliphatic carbocycles. The Bertz CT molecular complexity index is 818. The number of hydrogen-bond donors (Lipinski definition) is 1. The van der Waals surface area contributed by atoms with E-state index in [1.165, 1.54) is 11.8 Å². The average Bonchev–Trinajstić information content (AvgIpc) is 2.65. The highest BCUT2D eigenvalue weighted by Gasteiger charge is 2.20. The Hall–Kier alpha value is -2.47. The molecule has 136 valence electrons. The van der Waals surface area contributed by atoms with E-state index in [1.807, 2.05) is 43.0 Å². The minimum Gasteiger partial charge on any atom is -0.378 e. The number of thioether (sulfide) groups is 1.